The number of fused-ring (bicyclic) bond motifs is 2. The number of nitrogens with zero attached hydrogens (tertiary/aromatic N) is 5. The fourth-order valence-corrected chi connectivity index (χ4v) is 2.92. The first-order valence-electron chi connectivity index (χ1n) is 7.23. The van der Waals surface area contributed by atoms with Crippen molar-refractivity contribution in [2.24, 2.45) is 0 Å². The molecule has 3 heterocycles. The van der Waals surface area contributed by atoms with E-state index in [2.05, 4.69) is 15.2 Å². The van der Waals surface area contributed by atoms with Crippen LogP contribution in [0, 0.1) is 13.8 Å². The number of para-hydroxylation sites is 1. The number of hydrogen-bond acceptors (Lipinski definition) is 3. The third kappa shape index (κ3) is 2.06. The Morgan fingerprint density at radius 3 is 2.58 bits per heavy atom. The van der Waals surface area contributed by atoms with Gasteiger partial charge in [0.05, 0.1) is 17.4 Å². The highest BCUT2D eigenvalue weighted by Gasteiger charge is 2.38. The first kappa shape index (κ1) is 14.7. The average molecular weight is 331 g/mol. The molecule has 0 fully saturated rings. The minimum absolute atomic E-state index is 0.0794. The summed E-state index contributed by atoms with van der Waals surface area (Å²) in [4.78, 5) is 4.01. The summed E-state index contributed by atoms with van der Waals surface area (Å²) in [5.41, 5.74) is 0.655. The molecule has 0 amide bonds. The van der Waals surface area contributed by atoms with Crippen molar-refractivity contribution in [1.29, 1.82) is 0 Å². The summed E-state index contributed by atoms with van der Waals surface area (Å²) in [6, 6.07) is 8.39. The van der Waals surface area contributed by atoms with Crippen molar-refractivity contribution in [3.8, 4) is 5.69 Å². The lowest BCUT2D eigenvalue weighted by molar-refractivity contribution is -0.142. The van der Waals surface area contributed by atoms with Gasteiger partial charge in [0.15, 0.2) is 11.3 Å². The zero-order chi connectivity index (χ0) is 17.1. The molecule has 0 bridgehead atoms. The Morgan fingerprint density at radius 2 is 1.83 bits per heavy atom. The van der Waals surface area contributed by atoms with Gasteiger partial charge in [0.1, 0.15) is 5.82 Å². The first-order valence-corrected chi connectivity index (χ1v) is 7.23. The number of aromatic nitrogens is 5. The molecule has 0 aliphatic rings. The lowest BCUT2D eigenvalue weighted by atomic mass is 10.1. The SMILES string of the molecule is Cc1nc2ccc(-n3ncc4cccc(C)c43)c(C(F)(F)F)n2n1. The Hall–Kier alpha value is -2.90. The minimum Gasteiger partial charge on any atom is -0.231 e. The van der Waals surface area contributed by atoms with E-state index in [-0.39, 0.29) is 17.2 Å². The predicted octanol–water partition coefficient (Wildman–Crippen LogP) is 3.70. The lowest BCUT2D eigenvalue weighted by Crippen LogP contribution is -2.17. The molecule has 0 saturated carbocycles. The van der Waals surface area contributed by atoms with Gasteiger partial charge in [-0.05, 0) is 31.5 Å². The van der Waals surface area contributed by atoms with Crippen LogP contribution in [-0.2, 0) is 6.18 Å². The van der Waals surface area contributed by atoms with Crippen molar-refractivity contribution in [2.45, 2.75) is 20.0 Å². The van der Waals surface area contributed by atoms with Crippen molar-refractivity contribution >= 4 is 16.6 Å². The zero-order valence-corrected chi connectivity index (χ0v) is 12.8. The second-order valence-electron chi connectivity index (χ2n) is 5.56. The van der Waals surface area contributed by atoms with Crippen LogP contribution in [-0.4, -0.2) is 24.4 Å². The Bertz CT molecular complexity index is 1070. The topological polar surface area (TPSA) is 48.0 Å². The average Bonchev–Trinajstić information content (AvgIpc) is 3.08. The summed E-state index contributed by atoms with van der Waals surface area (Å²) in [7, 11) is 0. The summed E-state index contributed by atoms with van der Waals surface area (Å²) >= 11 is 0. The third-order valence-corrected chi connectivity index (χ3v) is 3.87. The van der Waals surface area contributed by atoms with Crippen molar-refractivity contribution in [3.63, 3.8) is 0 Å². The van der Waals surface area contributed by atoms with E-state index in [4.69, 9.17) is 0 Å². The molecule has 1 aromatic carbocycles. The molecular formula is C16H12F3N5. The predicted molar refractivity (Wildman–Crippen MR) is 82.1 cm³/mol. The van der Waals surface area contributed by atoms with Crippen molar-refractivity contribution in [3.05, 3.63) is 53.6 Å². The van der Waals surface area contributed by atoms with E-state index < -0.39 is 11.9 Å². The second-order valence-corrected chi connectivity index (χ2v) is 5.56. The summed E-state index contributed by atoms with van der Waals surface area (Å²) < 4.78 is 43.4. The first-order chi connectivity index (χ1) is 11.4. The molecule has 0 atom stereocenters. The highest BCUT2D eigenvalue weighted by atomic mass is 19.4. The monoisotopic (exact) mass is 331 g/mol. The number of pyridine rings is 1. The molecule has 0 spiro atoms. The molecule has 0 N–H and O–H groups in total. The molecule has 8 heteroatoms. The molecule has 4 rings (SSSR count). The Morgan fingerprint density at radius 1 is 1.04 bits per heavy atom. The van der Waals surface area contributed by atoms with Crippen molar-refractivity contribution in [1.82, 2.24) is 24.4 Å². The van der Waals surface area contributed by atoms with Crippen LogP contribution in [0.1, 0.15) is 17.1 Å². The third-order valence-electron chi connectivity index (χ3n) is 3.87. The zero-order valence-electron chi connectivity index (χ0n) is 12.8. The van der Waals surface area contributed by atoms with Gasteiger partial charge in [-0.2, -0.15) is 23.4 Å². The lowest BCUT2D eigenvalue weighted by Gasteiger charge is -2.15. The summed E-state index contributed by atoms with van der Waals surface area (Å²) in [5.74, 6) is 0.277. The van der Waals surface area contributed by atoms with E-state index in [1.54, 1.807) is 13.1 Å². The molecule has 4 aromatic rings. The van der Waals surface area contributed by atoms with Crippen LogP contribution in [0.4, 0.5) is 13.2 Å². The van der Waals surface area contributed by atoms with Gasteiger partial charge in [0, 0.05) is 5.39 Å². The minimum atomic E-state index is -4.60. The van der Waals surface area contributed by atoms with Crippen molar-refractivity contribution in [2.75, 3.05) is 0 Å². The molecule has 0 unspecified atom stereocenters. The van der Waals surface area contributed by atoms with Crippen molar-refractivity contribution < 1.29 is 13.2 Å². The number of halogens is 3. The normalized spacial score (nSPS) is 12.4. The van der Waals surface area contributed by atoms with E-state index in [9.17, 15) is 13.2 Å². The molecule has 122 valence electrons. The number of hydrogen-bond donors (Lipinski definition) is 0. The van der Waals surface area contributed by atoms with Crippen LogP contribution in [0.5, 0.6) is 0 Å². The van der Waals surface area contributed by atoms with E-state index in [0.717, 1.165) is 15.5 Å². The van der Waals surface area contributed by atoms with Gasteiger partial charge in [-0.25, -0.2) is 14.2 Å². The van der Waals surface area contributed by atoms with Crippen LogP contribution < -0.4 is 0 Å². The van der Waals surface area contributed by atoms with Gasteiger partial charge in [0.2, 0.25) is 0 Å². The molecule has 0 aliphatic heterocycles. The maximum atomic E-state index is 13.8. The van der Waals surface area contributed by atoms with Crippen LogP contribution >= 0.6 is 0 Å². The number of rotatable bonds is 1. The molecular weight excluding hydrogens is 319 g/mol. The van der Waals surface area contributed by atoms with Gasteiger partial charge in [-0.15, -0.1) is 0 Å². The molecule has 0 aliphatic carbocycles. The van der Waals surface area contributed by atoms with Crippen LogP contribution in [0.2, 0.25) is 0 Å². The molecule has 0 saturated heterocycles. The Kier molecular flexibility index (Phi) is 2.93. The van der Waals surface area contributed by atoms with Gasteiger partial charge < -0.3 is 0 Å². The van der Waals surface area contributed by atoms with Crippen LogP contribution in [0.25, 0.3) is 22.2 Å². The highest BCUT2D eigenvalue weighted by molar-refractivity contribution is 5.83. The van der Waals surface area contributed by atoms with E-state index in [1.165, 1.54) is 16.8 Å². The summed E-state index contributed by atoms with van der Waals surface area (Å²) in [5, 5.41) is 8.84. The second kappa shape index (κ2) is 4.80. The smallest absolute Gasteiger partial charge is 0.231 e. The van der Waals surface area contributed by atoms with Gasteiger partial charge in [-0.1, -0.05) is 18.2 Å². The van der Waals surface area contributed by atoms with Gasteiger partial charge in [0.25, 0.3) is 0 Å². The summed E-state index contributed by atoms with van der Waals surface area (Å²) in [6.07, 6.45) is -3.05. The van der Waals surface area contributed by atoms with Gasteiger partial charge >= 0.3 is 6.18 Å². The molecule has 0 radical (unpaired) electrons. The maximum absolute atomic E-state index is 13.8. The highest BCUT2D eigenvalue weighted by Crippen LogP contribution is 2.35. The standard InChI is InChI=1S/C16H12F3N5/c1-9-4-3-5-11-8-20-23(14(9)11)12-6-7-13-21-10(2)22-24(13)15(12)16(17,18)19/h3-8H,1-2H3. The van der Waals surface area contributed by atoms with E-state index in [1.807, 2.05) is 25.1 Å². The van der Waals surface area contributed by atoms with Gasteiger partial charge in [-0.3, -0.25) is 0 Å². The molecule has 5 nitrogen and oxygen atoms in total. The van der Waals surface area contributed by atoms with Crippen LogP contribution in [0.3, 0.4) is 0 Å². The Labute approximate surface area is 134 Å². The fourth-order valence-electron chi connectivity index (χ4n) is 2.92. The summed E-state index contributed by atoms with van der Waals surface area (Å²) in [6.45, 7) is 3.40. The number of alkyl halides is 3. The van der Waals surface area contributed by atoms with E-state index >= 15 is 0 Å². The van der Waals surface area contributed by atoms with Crippen LogP contribution in [0.15, 0.2) is 36.5 Å². The maximum Gasteiger partial charge on any atom is 0.435 e. The number of benzene rings is 1. The fraction of sp³-hybridized carbons (Fsp3) is 0.188. The van der Waals surface area contributed by atoms with E-state index in [0.29, 0.717) is 5.52 Å². The molecule has 3 aromatic heterocycles. The quantitative estimate of drug-likeness (QED) is 0.534. The largest absolute Gasteiger partial charge is 0.435 e. The Balaban J connectivity index is 2.13. The molecule has 24 heavy (non-hydrogen) atoms. The number of aryl methyl sites for hydroxylation is 2.